The van der Waals surface area contributed by atoms with E-state index in [0.717, 1.165) is 34.1 Å². The highest BCUT2D eigenvalue weighted by Gasteiger charge is 2.47. The highest BCUT2D eigenvalue weighted by atomic mass is 15.1. The average Bonchev–Trinajstić information content (AvgIpc) is 4.02. The van der Waals surface area contributed by atoms with E-state index < -0.39 is 0 Å². The Balaban J connectivity index is 0.664. The predicted octanol–water partition coefficient (Wildman–Crippen LogP) is 20.9. The van der Waals surface area contributed by atoms with Gasteiger partial charge in [0, 0.05) is 46.0 Å². The lowest BCUT2D eigenvalue weighted by atomic mass is 9.70. The van der Waals surface area contributed by atoms with Crippen LogP contribution in [0.1, 0.15) is 84.0 Å². The van der Waals surface area contributed by atoms with Gasteiger partial charge in [-0.1, -0.05) is 234 Å². The van der Waals surface area contributed by atoms with Crippen molar-refractivity contribution in [3.8, 4) is 0 Å². The van der Waals surface area contributed by atoms with Gasteiger partial charge in [-0.2, -0.15) is 0 Å². The second kappa shape index (κ2) is 19.9. The van der Waals surface area contributed by atoms with Crippen LogP contribution in [0.25, 0.3) is 45.8 Å². The van der Waals surface area contributed by atoms with Crippen LogP contribution in [0, 0.1) is 11.8 Å². The first-order valence-corrected chi connectivity index (χ1v) is 28.5. The molecule has 0 bridgehead atoms. The van der Waals surface area contributed by atoms with E-state index in [9.17, 15) is 0 Å². The maximum Gasteiger partial charge on any atom is 0.0468 e. The fourth-order valence-electron chi connectivity index (χ4n) is 13.6. The van der Waals surface area contributed by atoms with Gasteiger partial charge in [0.1, 0.15) is 0 Å². The van der Waals surface area contributed by atoms with Crippen LogP contribution in [0.3, 0.4) is 0 Å². The Hall–Kier alpha value is -9.24. The van der Waals surface area contributed by atoms with E-state index in [-0.39, 0.29) is 10.8 Å². The van der Waals surface area contributed by atoms with Crippen molar-refractivity contribution in [3.63, 3.8) is 0 Å². The van der Waals surface area contributed by atoms with Crippen LogP contribution in [-0.2, 0) is 10.8 Å². The summed E-state index contributed by atoms with van der Waals surface area (Å²) in [4.78, 5) is 4.64. The third-order valence-electron chi connectivity index (χ3n) is 17.9. The van der Waals surface area contributed by atoms with Crippen LogP contribution in [-0.4, -0.2) is 0 Å². The largest absolute Gasteiger partial charge is 0.310 e. The number of para-hydroxylation sites is 4. The first-order valence-electron chi connectivity index (χ1n) is 28.5. The van der Waals surface area contributed by atoms with Crippen LogP contribution in [0.4, 0.5) is 34.1 Å². The van der Waals surface area contributed by atoms with E-state index >= 15 is 0 Å². The normalized spacial score (nSPS) is 19.1. The van der Waals surface area contributed by atoms with Crippen molar-refractivity contribution < 1.29 is 0 Å². The minimum atomic E-state index is -0.0223. The third kappa shape index (κ3) is 8.86. The summed E-state index contributed by atoms with van der Waals surface area (Å²) in [6.07, 6.45) is 24.1. The number of hydrogen-bond donors (Lipinski definition) is 0. The minimum absolute atomic E-state index is 0.0223. The number of benzene rings is 10. The van der Waals surface area contributed by atoms with Crippen LogP contribution in [0.15, 0.2) is 278 Å². The van der Waals surface area contributed by atoms with E-state index in [1.54, 1.807) is 0 Å². The molecule has 2 nitrogen and oxygen atoms in total. The molecule has 0 amide bonds. The maximum absolute atomic E-state index is 2.60. The average molecular weight is 1030 g/mol. The van der Waals surface area contributed by atoms with E-state index in [1.165, 1.54) is 77.2 Å². The van der Waals surface area contributed by atoms with Gasteiger partial charge in [0.25, 0.3) is 0 Å². The van der Waals surface area contributed by atoms with Crippen LogP contribution < -0.4 is 9.80 Å². The van der Waals surface area contributed by atoms with Gasteiger partial charge in [0.15, 0.2) is 0 Å². The summed E-state index contributed by atoms with van der Waals surface area (Å²) in [6, 6.07) is 84.0. The summed E-state index contributed by atoms with van der Waals surface area (Å²) in [5.74, 6) is 1.48. The van der Waals surface area contributed by atoms with E-state index in [0.29, 0.717) is 23.7 Å². The van der Waals surface area contributed by atoms with Crippen molar-refractivity contribution in [2.24, 2.45) is 11.8 Å². The second-order valence-electron chi connectivity index (χ2n) is 23.5. The van der Waals surface area contributed by atoms with Crippen molar-refractivity contribution in [3.05, 3.63) is 323 Å². The molecular formula is C78H64N2. The first kappa shape index (κ1) is 49.1. The van der Waals surface area contributed by atoms with Crippen molar-refractivity contribution in [2.75, 3.05) is 9.80 Å². The zero-order valence-corrected chi connectivity index (χ0v) is 45.9. The third-order valence-corrected chi connectivity index (χ3v) is 17.9. The van der Waals surface area contributed by atoms with Crippen LogP contribution in [0.2, 0.25) is 0 Å². The molecule has 0 N–H and O–H groups in total. The van der Waals surface area contributed by atoms with E-state index in [2.05, 4.69) is 329 Å². The summed E-state index contributed by atoms with van der Waals surface area (Å²) in [6.45, 7) is 9.82. The molecule has 4 unspecified atom stereocenters. The van der Waals surface area contributed by atoms with Gasteiger partial charge < -0.3 is 9.80 Å². The number of rotatable bonds is 11. The predicted molar refractivity (Wildman–Crippen MR) is 341 cm³/mol. The summed E-state index contributed by atoms with van der Waals surface area (Å²) < 4.78 is 0. The summed E-state index contributed by atoms with van der Waals surface area (Å²) in [7, 11) is 0. The topological polar surface area (TPSA) is 6.48 Å². The van der Waals surface area contributed by atoms with Crippen molar-refractivity contribution in [2.45, 2.75) is 50.4 Å². The Labute approximate surface area is 472 Å². The lowest BCUT2D eigenvalue weighted by Gasteiger charge is -2.33. The van der Waals surface area contributed by atoms with Crippen molar-refractivity contribution in [1.82, 2.24) is 0 Å². The van der Waals surface area contributed by atoms with Gasteiger partial charge >= 0.3 is 0 Å². The fourth-order valence-corrected chi connectivity index (χ4v) is 13.6. The quantitative estimate of drug-likeness (QED) is 0.119. The highest BCUT2D eigenvalue weighted by Crippen LogP contribution is 2.57. The Morgan fingerprint density at radius 3 is 0.988 bits per heavy atom. The molecule has 0 aliphatic heterocycles. The molecule has 80 heavy (non-hydrogen) atoms. The Bertz CT molecular complexity index is 3840. The number of fused-ring (bicyclic) bond motifs is 8. The highest BCUT2D eigenvalue weighted by molar-refractivity contribution is 5.93. The van der Waals surface area contributed by atoms with Gasteiger partial charge in [-0.15, -0.1) is 0 Å². The number of hydrogen-bond acceptors (Lipinski definition) is 2. The standard InChI is InChI=1S/C78H64N2/c1-77(2)73-47-55(27-25-53-29-33-59-49-67(39-35-57(59)45-53)79(63-17-9-5-10-18-63)64-19-11-6-12-20-64)31-41-69(73)71-43-37-61(51-75(71)77)62-38-44-72-70-42-32-56(48-74(70)78(3,4)76(72)52-62)28-26-54-30-34-60-50-68(40-36-58(60)46-54)80(65-21-13-7-14-22-65)66-23-15-8-16-24-66/h5-52,71-72,75-76H,1-4H3/b27-25+,28-26+. The smallest absolute Gasteiger partial charge is 0.0468 e. The number of nitrogens with zero attached hydrogens (tertiary/aromatic N) is 2. The molecule has 10 aromatic rings. The van der Waals surface area contributed by atoms with Crippen LogP contribution >= 0.6 is 0 Å². The molecule has 0 spiro atoms. The molecule has 14 rings (SSSR count). The molecule has 0 aromatic heterocycles. The lowest BCUT2D eigenvalue weighted by Crippen LogP contribution is -2.27. The molecule has 0 radical (unpaired) electrons. The van der Waals surface area contributed by atoms with Gasteiger partial charge in [0.2, 0.25) is 0 Å². The van der Waals surface area contributed by atoms with Crippen molar-refractivity contribution >= 4 is 80.0 Å². The fraction of sp³-hybridized carbons (Fsp3) is 0.128. The number of anilines is 6. The molecule has 0 heterocycles. The monoisotopic (exact) mass is 1030 g/mol. The zero-order chi connectivity index (χ0) is 54.0. The van der Waals surface area contributed by atoms with Gasteiger partial charge in [-0.3, -0.25) is 0 Å². The molecule has 0 fully saturated rings. The molecule has 386 valence electrons. The van der Waals surface area contributed by atoms with Gasteiger partial charge in [0.05, 0.1) is 0 Å². The Kier molecular flexibility index (Phi) is 12.2. The minimum Gasteiger partial charge on any atom is -0.310 e. The lowest BCUT2D eigenvalue weighted by molar-refractivity contribution is 0.389. The zero-order valence-electron chi connectivity index (χ0n) is 45.9. The molecular weight excluding hydrogens is 965 g/mol. The molecule has 4 aliphatic carbocycles. The molecule has 4 aliphatic rings. The number of allylic oxidation sites excluding steroid dienone is 8. The summed E-state index contributed by atoms with van der Waals surface area (Å²) in [5.41, 5.74) is 20.2. The molecule has 4 atom stereocenters. The van der Waals surface area contributed by atoms with Crippen molar-refractivity contribution in [1.29, 1.82) is 0 Å². The second-order valence-corrected chi connectivity index (χ2v) is 23.5. The van der Waals surface area contributed by atoms with Gasteiger partial charge in [-0.05, 0) is 185 Å². The molecule has 0 saturated carbocycles. The summed E-state index contributed by atoms with van der Waals surface area (Å²) in [5, 5.41) is 4.90. The maximum atomic E-state index is 2.60. The van der Waals surface area contributed by atoms with Crippen LogP contribution in [0.5, 0.6) is 0 Å². The summed E-state index contributed by atoms with van der Waals surface area (Å²) >= 11 is 0. The first-order chi connectivity index (χ1) is 39.1. The molecule has 0 saturated heterocycles. The molecule has 2 heteroatoms. The molecule has 10 aromatic carbocycles. The Morgan fingerprint density at radius 1 is 0.312 bits per heavy atom. The Morgan fingerprint density at radius 2 is 0.625 bits per heavy atom. The SMILES string of the molecule is CC1(C)c2cc(/C=C/c3ccc4cc(N(c5ccccc5)c5ccccc5)ccc4c3)ccc2C2C=CC(C3=CC4C(C=C3)c3ccc(/C=C/c5ccc6cc(N(c7ccccc7)c7ccccc7)ccc6c5)cc3C4(C)C)=CC21. The van der Waals surface area contributed by atoms with E-state index in [1.807, 2.05) is 0 Å². The van der Waals surface area contributed by atoms with Gasteiger partial charge in [-0.25, -0.2) is 0 Å². The van der Waals surface area contributed by atoms with E-state index in [4.69, 9.17) is 0 Å².